The third-order valence-electron chi connectivity index (χ3n) is 2.48. The van der Waals surface area contributed by atoms with E-state index in [1.54, 1.807) is 11.8 Å². The fourth-order valence-corrected chi connectivity index (χ4v) is 2.58. The van der Waals surface area contributed by atoms with E-state index in [1.165, 1.54) is 21.4 Å². The molecule has 2 aromatic rings. The van der Waals surface area contributed by atoms with Crippen LogP contribution in [0.15, 0.2) is 23.4 Å². The van der Waals surface area contributed by atoms with Gasteiger partial charge < -0.3 is 5.84 Å². The average molecular weight is 248 g/mol. The molecule has 0 fully saturated rings. The van der Waals surface area contributed by atoms with Crippen LogP contribution in [0, 0.1) is 20.8 Å². The molecule has 0 saturated carbocycles. The first-order valence-corrected chi connectivity index (χ1v) is 6.42. The first-order valence-electron chi connectivity index (χ1n) is 5.43. The number of hydrogen-bond donors (Lipinski definition) is 1. The monoisotopic (exact) mass is 248 g/mol. The van der Waals surface area contributed by atoms with Gasteiger partial charge in [-0.15, -0.1) is 10.2 Å². The molecule has 0 amide bonds. The topological polar surface area (TPSA) is 56.7 Å². The van der Waals surface area contributed by atoms with Gasteiger partial charge in [0, 0.05) is 5.75 Å². The van der Waals surface area contributed by atoms with Gasteiger partial charge >= 0.3 is 0 Å². The van der Waals surface area contributed by atoms with Crippen LogP contribution in [0.25, 0.3) is 0 Å². The Hall–Kier alpha value is -1.49. The second kappa shape index (κ2) is 4.79. The van der Waals surface area contributed by atoms with E-state index < -0.39 is 0 Å². The normalized spacial score (nSPS) is 10.8. The lowest BCUT2D eigenvalue weighted by Crippen LogP contribution is -2.11. The zero-order valence-corrected chi connectivity index (χ0v) is 11.1. The predicted molar refractivity (Wildman–Crippen MR) is 70.4 cm³/mol. The van der Waals surface area contributed by atoms with E-state index in [0.717, 1.165) is 16.7 Å². The Kier molecular flexibility index (Phi) is 3.38. The smallest absolute Gasteiger partial charge is 0.210 e. The van der Waals surface area contributed by atoms with Crippen molar-refractivity contribution in [1.29, 1.82) is 0 Å². The highest BCUT2D eigenvalue weighted by molar-refractivity contribution is 7.98. The van der Waals surface area contributed by atoms with Gasteiger partial charge in [0.05, 0.1) is 0 Å². The Morgan fingerprint density at radius 1 is 1.12 bits per heavy atom. The zero-order valence-electron chi connectivity index (χ0n) is 10.3. The van der Waals surface area contributed by atoms with Crippen molar-refractivity contribution in [2.24, 2.45) is 0 Å². The molecule has 1 aromatic heterocycles. The molecule has 2 rings (SSSR count). The van der Waals surface area contributed by atoms with Crippen LogP contribution in [0.2, 0.25) is 0 Å². The minimum Gasteiger partial charge on any atom is -0.336 e. The minimum atomic E-state index is 0.730. The highest BCUT2D eigenvalue weighted by Crippen LogP contribution is 2.21. The first-order chi connectivity index (χ1) is 8.06. The fraction of sp³-hybridized carbons (Fsp3) is 0.333. The lowest BCUT2D eigenvalue weighted by atomic mass is 10.1. The Labute approximate surface area is 105 Å². The molecule has 17 heavy (non-hydrogen) atoms. The SMILES string of the molecule is Cc1cc(C)cc(CSc2nnc(C)n2N)c1. The molecule has 5 heteroatoms. The van der Waals surface area contributed by atoms with Crippen molar-refractivity contribution in [1.82, 2.24) is 14.9 Å². The van der Waals surface area contributed by atoms with E-state index >= 15 is 0 Å². The van der Waals surface area contributed by atoms with Gasteiger partial charge in [0.25, 0.3) is 0 Å². The summed E-state index contributed by atoms with van der Waals surface area (Å²) >= 11 is 1.60. The largest absolute Gasteiger partial charge is 0.336 e. The predicted octanol–water partition coefficient (Wildman–Crippen LogP) is 2.21. The molecule has 0 atom stereocenters. The fourth-order valence-electron chi connectivity index (χ4n) is 1.75. The summed E-state index contributed by atoms with van der Waals surface area (Å²) in [5.74, 6) is 7.39. The summed E-state index contributed by atoms with van der Waals surface area (Å²) in [4.78, 5) is 0. The summed E-state index contributed by atoms with van der Waals surface area (Å²) in [6.45, 7) is 6.06. The number of aromatic nitrogens is 3. The van der Waals surface area contributed by atoms with E-state index in [1.807, 2.05) is 6.92 Å². The van der Waals surface area contributed by atoms with Gasteiger partial charge in [-0.3, -0.25) is 0 Å². The number of nitrogen functional groups attached to an aromatic ring is 1. The maximum absolute atomic E-state index is 5.80. The summed E-state index contributed by atoms with van der Waals surface area (Å²) in [6.07, 6.45) is 0. The number of rotatable bonds is 3. The Bertz CT molecular complexity index is 513. The molecule has 2 N–H and O–H groups in total. The van der Waals surface area contributed by atoms with E-state index in [9.17, 15) is 0 Å². The quantitative estimate of drug-likeness (QED) is 0.668. The standard InChI is InChI=1S/C12H16N4S/c1-8-4-9(2)6-11(5-8)7-17-12-15-14-10(3)16(12)13/h4-6H,7,13H2,1-3H3. The average Bonchev–Trinajstić information content (AvgIpc) is 2.56. The van der Waals surface area contributed by atoms with Crippen molar-refractivity contribution in [3.63, 3.8) is 0 Å². The van der Waals surface area contributed by atoms with Gasteiger partial charge in [-0.25, -0.2) is 4.68 Å². The number of benzene rings is 1. The highest BCUT2D eigenvalue weighted by atomic mass is 32.2. The van der Waals surface area contributed by atoms with Gasteiger partial charge in [0.15, 0.2) is 0 Å². The van der Waals surface area contributed by atoms with Crippen LogP contribution in [0.4, 0.5) is 0 Å². The lowest BCUT2D eigenvalue weighted by molar-refractivity contribution is 0.825. The van der Waals surface area contributed by atoms with Crippen LogP contribution in [-0.2, 0) is 5.75 Å². The Balaban J connectivity index is 2.09. The van der Waals surface area contributed by atoms with E-state index in [0.29, 0.717) is 0 Å². The second-order valence-electron chi connectivity index (χ2n) is 4.18. The summed E-state index contributed by atoms with van der Waals surface area (Å²) in [5, 5.41) is 8.71. The zero-order chi connectivity index (χ0) is 12.4. The molecule has 4 nitrogen and oxygen atoms in total. The molecule has 0 aliphatic rings. The van der Waals surface area contributed by atoms with Crippen LogP contribution in [0.3, 0.4) is 0 Å². The van der Waals surface area contributed by atoms with E-state index in [-0.39, 0.29) is 0 Å². The summed E-state index contributed by atoms with van der Waals surface area (Å²) in [5.41, 5.74) is 3.85. The van der Waals surface area contributed by atoms with Crippen molar-refractivity contribution >= 4 is 11.8 Å². The van der Waals surface area contributed by atoms with Crippen LogP contribution in [-0.4, -0.2) is 14.9 Å². The summed E-state index contributed by atoms with van der Waals surface area (Å²) in [7, 11) is 0. The lowest BCUT2D eigenvalue weighted by Gasteiger charge is -2.04. The minimum absolute atomic E-state index is 0.730. The van der Waals surface area contributed by atoms with Crippen molar-refractivity contribution < 1.29 is 0 Å². The van der Waals surface area contributed by atoms with Crippen molar-refractivity contribution in [2.45, 2.75) is 31.7 Å². The molecule has 0 unspecified atom stereocenters. The first kappa shape index (κ1) is 12.0. The Morgan fingerprint density at radius 3 is 2.29 bits per heavy atom. The summed E-state index contributed by atoms with van der Waals surface area (Å²) in [6, 6.07) is 6.54. The molecule has 0 radical (unpaired) electrons. The number of nitrogens with two attached hydrogens (primary N) is 1. The van der Waals surface area contributed by atoms with Crippen molar-refractivity contribution in [2.75, 3.05) is 5.84 Å². The molecule has 0 spiro atoms. The van der Waals surface area contributed by atoms with Crippen molar-refractivity contribution in [3.8, 4) is 0 Å². The third kappa shape index (κ3) is 2.79. The van der Waals surface area contributed by atoms with Gasteiger partial charge in [0.1, 0.15) is 5.82 Å². The number of hydrogen-bond acceptors (Lipinski definition) is 4. The Morgan fingerprint density at radius 2 is 1.76 bits per heavy atom. The van der Waals surface area contributed by atoms with Gasteiger partial charge in [-0.2, -0.15) is 0 Å². The molecule has 0 aliphatic carbocycles. The van der Waals surface area contributed by atoms with Crippen LogP contribution >= 0.6 is 11.8 Å². The van der Waals surface area contributed by atoms with E-state index in [2.05, 4.69) is 42.2 Å². The van der Waals surface area contributed by atoms with Crippen LogP contribution < -0.4 is 5.84 Å². The van der Waals surface area contributed by atoms with Gasteiger partial charge in [0.2, 0.25) is 5.16 Å². The van der Waals surface area contributed by atoms with Crippen LogP contribution in [0.5, 0.6) is 0 Å². The van der Waals surface area contributed by atoms with Crippen molar-refractivity contribution in [3.05, 3.63) is 40.7 Å². The number of thioether (sulfide) groups is 1. The van der Waals surface area contributed by atoms with Crippen LogP contribution in [0.1, 0.15) is 22.5 Å². The van der Waals surface area contributed by atoms with E-state index in [4.69, 9.17) is 5.84 Å². The molecule has 0 bridgehead atoms. The molecule has 0 saturated heterocycles. The summed E-state index contributed by atoms with van der Waals surface area (Å²) < 4.78 is 1.52. The number of nitrogens with zero attached hydrogens (tertiary/aromatic N) is 3. The maximum atomic E-state index is 5.80. The molecule has 1 heterocycles. The molecular weight excluding hydrogens is 232 g/mol. The maximum Gasteiger partial charge on any atom is 0.210 e. The molecule has 0 aliphatic heterocycles. The number of aryl methyl sites for hydroxylation is 3. The highest BCUT2D eigenvalue weighted by Gasteiger charge is 2.06. The molecule has 1 aromatic carbocycles. The van der Waals surface area contributed by atoms with Gasteiger partial charge in [-0.05, 0) is 26.3 Å². The molecular formula is C12H16N4S. The molecule has 90 valence electrons. The third-order valence-corrected chi connectivity index (χ3v) is 3.50. The van der Waals surface area contributed by atoms with Gasteiger partial charge in [-0.1, -0.05) is 41.1 Å². The second-order valence-corrected chi connectivity index (χ2v) is 5.13.